The van der Waals surface area contributed by atoms with Crippen LogP contribution in [0.25, 0.3) is 0 Å². The van der Waals surface area contributed by atoms with Crippen LogP contribution >= 0.6 is 0 Å². The Morgan fingerprint density at radius 2 is 2.09 bits per heavy atom. The summed E-state index contributed by atoms with van der Waals surface area (Å²) < 4.78 is 11.9. The van der Waals surface area contributed by atoms with Crippen molar-refractivity contribution >= 4 is 19.9 Å². The minimum atomic E-state index is -2.03. The number of ether oxygens (including phenoxy) is 1. The van der Waals surface area contributed by atoms with Crippen LogP contribution in [0, 0.1) is 0 Å². The van der Waals surface area contributed by atoms with Gasteiger partial charge in [0, 0.05) is 12.1 Å². The van der Waals surface area contributed by atoms with Gasteiger partial charge in [-0.25, -0.2) is 0 Å². The number of anilines is 1. The fraction of sp³-hybridized carbons (Fsp3) is 0.562. The monoisotopic (exact) mass is 338 g/mol. The lowest BCUT2D eigenvalue weighted by atomic mass is 10.1. The number of nitrogens with two attached hydrogens (primary N) is 1. The molecule has 7 heteroatoms. The summed E-state index contributed by atoms with van der Waals surface area (Å²) in [7, 11) is -2.03. The number of hydrogen-bond acceptors (Lipinski definition) is 5. The van der Waals surface area contributed by atoms with E-state index >= 15 is 0 Å². The summed E-state index contributed by atoms with van der Waals surface area (Å²) in [6, 6.07) is 3.27. The van der Waals surface area contributed by atoms with Crippen molar-refractivity contribution in [1.29, 1.82) is 0 Å². The third-order valence-electron chi connectivity index (χ3n) is 4.58. The Kier molecular flexibility index (Phi) is 4.75. The van der Waals surface area contributed by atoms with Crippen molar-refractivity contribution in [2.75, 3.05) is 18.5 Å². The summed E-state index contributed by atoms with van der Waals surface area (Å²) in [6.45, 7) is 11.0. The molecule has 1 amide bonds. The Hall–Kier alpha value is -1.57. The number of benzene rings is 1. The van der Waals surface area contributed by atoms with Crippen LogP contribution in [0.15, 0.2) is 12.1 Å². The fourth-order valence-electron chi connectivity index (χ4n) is 2.20. The van der Waals surface area contributed by atoms with Gasteiger partial charge in [-0.3, -0.25) is 4.79 Å². The van der Waals surface area contributed by atoms with E-state index in [0.29, 0.717) is 12.3 Å². The normalized spacial score (nSPS) is 16.3. The van der Waals surface area contributed by atoms with Gasteiger partial charge in [0.1, 0.15) is 11.4 Å². The van der Waals surface area contributed by atoms with E-state index in [-0.39, 0.29) is 35.1 Å². The van der Waals surface area contributed by atoms with E-state index in [1.54, 1.807) is 6.07 Å². The first-order valence-electron chi connectivity index (χ1n) is 7.73. The molecule has 0 saturated heterocycles. The number of amides is 1. The van der Waals surface area contributed by atoms with Gasteiger partial charge in [-0.05, 0) is 30.3 Å². The minimum absolute atomic E-state index is 0.0279. The highest BCUT2D eigenvalue weighted by Crippen LogP contribution is 2.45. The number of carbonyl (C=O) groups excluding carboxylic acids is 1. The number of nitrogens with one attached hydrogen (secondary N) is 1. The first-order valence-corrected chi connectivity index (χ1v) is 10.6. The number of hydrogen-bond donors (Lipinski definition) is 3. The second-order valence-corrected chi connectivity index (χ2v) is 12.1. The average Bonchev–Trinajstić information content (AvgIpc) is 2.45. The smallest absolute Gasteiger partial charge is 0.262 e. The summed E-state index contributed by atoms with van der Waals surface area (Å²) in [6.07, 6.45) is -0.347. The first-order chi connectivity index (χ1) is 10.6. The molecule has 1 aliphatic rings. The van der Waals surface area contributed by atoms with Crippen molar-refractivity contribution in [2.24, 2.45) is 5.73 Å². The summed E-state index contributed by atoms with van der Waals surface area (Å²) >= 11 is 0. The number of carbonyl (C=O) groups is 1. The maximum absolute atomic E-state index is 11.5. The molecule has 0 bridgehead atoms. The molecule has 128 valence electrons. The van der Waals surface area contributed by atoms with Gasteiger partial charge in [-0.15, -0.1) is 0 Å². The molecule has 1 aromatic carbocycles. The number of rotatable bonds is 4. The molecule has 1 atom stereocenters. The van der Waals surface area contributed by atoms with Gasteiger partial charge in [0.25, 0.3) is 5.91 Å². The zero-order valence-electron chi connectivity index (χ0n) is 14.4. The lowest BCUT2D eigenvalue weighted by Gasteiger charge is -2.39. The third-order valence-corrected chi connectivity index (χ3v) is 9.07. The number of aromatic hydroxyl groups is 1. The molecular formula is C16H26N2O4Si. The molecule has 0 spiro atoms. The highest BCUT2D eigenvalue weighted by atomic mass is 28.4. The fourth-order valence-corrected chi connectivity index (χ4v) is 3.49. The second kappa shape index (κ2) is 6.14. The summed E-state index contributed by atoms with van der Waals surface area (Å²) in [4.78, 5) is 11.5. The van der Waals surface area contributed by atoms with Gasteiger partial charge in [0.15, 0.2) is 20.7 Å². The number of phenolic OH excluding ortho intramolecular Hbond substituents is 1. The lowest BCUT2D eigenvalue weighted by molar-refractivity contribution is -0.118. The van der Waals surface area contributed by atoms with E-state index in [9.17, 15) is 9.90 Å². The van der Waals surface area contributed by atoms with Crippen molar-refractivity contribution in [3.63, 3.8) is 0 Å². The zero-order chi connectivity index (χ0) is 17.4. The van der Waals surface area contributed by atoms with Gasteiger partial charge in [0.05, 0.1) is 6.10 Å². The van der Waals surface area contributed by atoms with Crippen molar-refractivity contribution < 1.29 is 19.1 Å². The van der Waals surface area contributed by atoms with Gasteiger partial charge in [-0.1, -0.05) is 20.8 Å². The molecule has 4 N–H and O–H groups in total. The van der Waals surface area contributed by atoms with E-state index in [1.807, 2.05) is 0 Å². The van der Waals surface area contributed by atoms with Crippen LogP contribution in [-0.4, -0.2) is 32.5 Å². The van der Waals surface area contributed by atoms with Gasteiger partial charge >= 0.3 is 0 Å². The first kappa shape index (κ1) is 17.8. The quantitative estimate of drug-likeness (QED) is 0.580. The summed E-state index contributed by atoms with van der Waals surface area (Å²) in [5, 5.41) is 12.6. The van der Waals surface area contributed by atoms with Crippen molar-refractivity contribution in [3.8, 4) is 11.5 Å². The lowest BCUT2D eigenvalue weighted by Crippen LogP contribution is -2.43. The molecule has 2 rings (SSSR count). The van der Waals surface area contributed by atoms with Crippen LogP contribution in [0.3, 0.4) is 0 Å². The second-order valence-electron chi connectivity index (χ2n) is 7.32. The molecule has 6 nitrogen and oxygen atoms in total. The van der Waals surface area contributed by atoms with Crippen LogP contribution in [0.4, 0.5) is 5.69 Å². The number of phenols is 1. The van der Waals surface area contributed by atoms with Gasteiger partial charge in [-0.2, -0.15) is 0 Å². The molecule has 0 fully saturated rings. The molecule has 0 radical (unpaired) electrons. The third kappa shape index (κ3) is 3.51. The molecule has 23 heavy (non-hydrogen) atoms. The molecule has 0 aromatic heterocycles. The standard InChI is InChI=1S/C16H26N2O4Si/c1-16(2,3)23(4,5)22-12(8-17)10-6-7-11(19)14-15(10)21-9-13(20)18-14/h6-7,12,19H,8-9,17H2,1-5H3,(H,18,20)/t12-/m0/s1. The van der Waals surface area contributed by atoms with E-state index in [4.69, 9.17) is 14.9 Å². The minimum Gasteiger partial charge on any atom is -0.506 e. The maximum atomic E-state index is 11.5. The van der Waals surface area contributed by atoms with E-state index in [2.05, 4.69) is 39.2 Å². The SMILES string of the molecule is CC(C)(C)[Si](C)(C)O[C@@H](CN)c1ccc(O)c2c1OCC(=O)N2. The van der Waals surface area contributed by atoms with Crippen LogP contribution in [0.2, 0.25) is 18.1 Å². The Balaban J connectivity index is 2.40. The summed E-state index contributed by atoms with van der Waals surface area (Å²) in [5.74, 6) is 0.123. The molecule has 0 unspecified atom stereocenters. The maximum Gasteiger partial charge on any atom is 0.262 e. The van der Waals surface area contributed by atoms with Crippen LogP contribution in [-0.2, 0) is 9.22 Å². The van der Waals surface area contributed by atoms with Gasteiger partial charge < -0.3 is 25.3 Å². The van der Waals surface area contributed by atoms with Gasteiger partial charge in [0.2, 0.25) is 0 Å². The molecule has 1 aliphatic heterocycles. The Labute approximate surface area is 138 Å². The topological polar surface area (TPSA) is 93.8 Å². The van der Waals surface area contributed by atoms with E-state index in [1.165, 1.54) is 6.07 Å². The average molecular weight is 338 g/mol. The highest BCUT2D eigenvalue weighted by molar-refractivity contribution is 6.74. The van der Waals surface area contributed by atoms with Crippen molar-refractivity contribution in [3.05, 3.63) is 17.7 Å². The molecule has 0 saturated carbocycles. The van der Waals surface area contributed by atoms with Crippen LogP contribution in [0.5, 0.6) is 11.5 Å². The molecule has 1 aromatic rings. The highest BCUT2D eigenvalue weighted by Gasteiger charge is 2.40. The predicted molar refractivity (Wildman–Crippen MR) is 92.3 cm³/mol. The Morgan fingerprint density at radius 3 is 2.65 bits per heavy atom. The largest absolute Gasteiger partial charge is 0.506 e. The predicted octanol–water partition coefficient (Wildman–Crippen LogP) is 2.74. The zero-order valence-corrected chi connectivity index (χ0v) is 15.4. The Bertz CT molecular complexity index is 611. The molecular weight excluding hydrogens is 312 g/mol. The van der Waals surface area contributed by atoms with Crippen LogP contribution < -0.4 is 15.8 Å². The summed E-state index contributed by atoms with van der Waals surface area (Å²) in [5.41, 5.74) is 6.99. The van der Waals surface area contributed by atoms with E-state index < -0.39 is 8.32 Å². The van der Waals surface area contributed by atoms with Crippen molar-refractivity contribution in [1.82, 2.24) is 0 Å². The van der Waals surface area contributed by atoms with Crippen LogP contribution in [0.1, 0.15) is 32.4 Å². The number of fused-ring (bicyclic) bond motifs is 1. The molecule has 0 aliphatic carbocycles. The molecule has 1 heterocycles. The van der Waals surface area contributed by atoms with Crippen molar-refractivity contribution in [2.45, 2.75) is 45.0 Å². The Morgan fingerprint density at radius 1 is 1.43 bits per heavy atom. The van der Waals surface area contributed by atoms with E-state index in [0.717, 1.165) is 5.56 Å².